The van der Waals surface area contributed by atoms with Crippen molar-refractivity contribution in [1.82, 2.24) is 19.7 Å². The molecule has 3 aromatic heterocycles. The maximum Gasteiger partial charge on any atom is 0.273 e. The summed E-state index contributed by atoms with van der Waals surface area (Å²) in [4.78, 5) is 30.7. The monoisotopic (exact) mass is 319 g/mol. The fourth-order valence-electron chi connectivity index (χ4n) is 2.53. The molecule has 4 aromatic rings. The number of aromatic amines is 2. The van der Waals surface area contributed by atoms with E-state index >= 15 is 0 Å². The minimum absolute atomic E-state index is 0.217. The number of H-pyrrole nitrogens is 2. The molecule has 0 fully saturated rings. The number of aromatic nitrogens is 4. The van der Waals surface area contributed by atoms with E-state index in [-0.39, 0.29) is 11.1 Å². The van der Waals surface area contributed by atoms with Gasteiger partial charge in [-0.25, -0.2) is 4.98 Å². The van der Waals surface area contributed by atoms with Crippen molar-refractivity contribution in [3.63, 3.8) is 0 Å². The van der Waals surface area contributed by atoms with Crippen LogP contribution in [0.25, 0.3) is 16.6 Å². The molecule has 0 unspecified atom stereocenters. The summed E-state index contributed by atoms with van der Waals surface area (Å²) >= 11 is 0. The van der Waals surface area contributed by atoms with Crippen LogP contribution in [0.4, 0.5) is 11.5 Å². The van der Waals surface area contributed by atoms with E-state index in [1.165, 1.54) is 6.20 Å². The molecule has 0 bridgehead atoms. The molecule has 24 heavy (non-hydrogen) atoms. The highest BCUT2D eigenvalue weighted by Gasteiger charge is 2.10. The molecule has 0 radical (unpaired) electrons. The van der Waals surface area contributed by atoms with Gasteiger partial charge in [0.25, 0.3) is 11.1 Å². The lowest BCUT2D eigenvalue weighted by atomic mass is 10.3. The lowest BCUT2D eigenvalue weighted by molar-refractivity contribution is 0.891. The van der Waals surface area contributed by atoms with Crippen molar-refractivity contribution in [3.05, 3.63) is 81.6 Å². The van der Waals surface area contributed by atoms with Crippen LogP contribution in [0, 0.1) is 0 Å². The molecule has 7 nitrogen and oxygen atoms in total. The summed E-state index contributed by atoms with van der Waals surface area (Å²) in [5.74, 6) is 0.475. The average Bonchev–Trinajstić information content (AvgIpc) is 2.94. The van der Waals surface area contributed by atoms with E-state index in [1.807, 2.05) is 30.3 Å². The number of anilines is 2. The number of nitrogens with one attached hydrogen (secondary N) is 3. The first-order valence-corrected chi connectivity index (χ1v) is 7.33. The first-order chi connectivity index (χ1) is 11.7. The predicted molar refractivity (Wildman–Crippen MR) is 92.0 cm³/mol. The number of nitrogens with zero attached hydrogens (tertiary/aromatic N) is 2. The lowest BCUT2D eigenvalue weighted by Crippen LogP contribution is -2.10. The zero-order chi connectivity index (χ0) is 16.5. The third-order valence-electron chi connectivity index (χ3n) is 3.68. The number of pyridine rings is 2. The summed E-state index contributed by atoms with van der Waals surface area (Å²) in [6.45, 7) is 0. The highest BCUT2D eigenvalue weighted by atomic mass is 16.1. The molecule has 1 aromatic carbocycles. The van der Waals surface area contributed by atoms with Crippen LogP contribution in [-0.4, -0.2) is 19.7 Å². The first kappa shape index (κ1) is 14.0. The van der Waals surface area contributed by atoms with E-state index in [9.17, 15) is 9.59 Å². The van der Waals surface area contributed by atoms with Gasteiger partial charge < -0.3 is 10.3 Å². The van der Waals surface area contributed by atoms with Crippen molar-refractivity contribution in [2.24, 2.45) is 0 Å². The normalized spacial score (nSPS) is 10.8. The summed E-state index contributed by atoms with van der Waals surface area (Å²) in [6.07, 6.45) is 3.05. The fourth-order valence-corrected chi connectivity index (χ4v) is 2.53. The molecule has 0 saturated carbocycles. The minimum Gasteiger partial charge on any atom is -0.336 e. The molecule has 0 atom stereocenters. The SMILES string of the molecule is O=c1[nH]cccc1Nc1cc2c(cn1)c(=O)[nH]n2-c1ccccc1. The van der Waals surface area contributed by atoms with Gasteiger partial charge in [-0.1, -0.05) is 18.2 Å². The predicted octanol–water partition coefficient (Wildman–Crippen LogP) is 2.15. The van der Waals surface area contributed by atoms with Crippen LogP contribution in [0.5, 0.6) is 0 Å². The smallest absolute Gasteiger partial charge is 0.273 e. The van der Waals surface area contributed by atoms with E-state index in [4.69, 9.17) is 0 Å². The van der Waals surface area contributed by atoms with Gasteiger partial charge in [0.15, 0.2) is 0 Å². The fraction of sp³-hybridized carbons (Fsp3) is 0. The number of para-hydroxylation sites is 1. The quantitative estimate of drug-likeness (QED) is 0.539. The van der Waals surface area contributed by atoms with Crippen molar-refractivity contribution in [2.75, 3.05) is 5.32 Å². The van der Waals surface area contributed by atoms with Crippen molar-refractivity contribution >= 4 is 22.4 Å². The largest absolute Gasteiger partial charge is 0.336 e. The molecule has 3 N–H and O–H groups in total. The molecule has 0 amide bonds. The third-order valence-corrected chi connectivity index (χ3v) is 3.68. The molecule has 0 aliphatic carbocycles. The topological polar surface area (TPSA) is 95.6 Å². The Morgan fingerprint density at radius 2 is 1.83 bits per heavy atom. The van der Waals surface area contributed by atoms with Crippen LogP contribution in [0.15, 0.2) is 70.5 Å². The maximum atomic E-state index is 12.1. The van der Waals surface area contributed by atoms with E-state index in [1.54, 1.807) is 29.1 Å². The summed E-state index contributed by atoms with van der Waals surface area (Å²) < 4.78 is 1.69. The van der Waals surface area contributed by atoms with E-state index in [2.05, 4.69) is 20.4 Å². The Bertz CT molecular complexity index is 1120. The van der Waals surface area contributed by atoms with Crippen LogP contribution in [0.1, 0.15) is 0 Å². The van der Waals surface area contributed by atoms with Gasteiger partial charge in [0.05, 0.1) is 16.6 Å². The summed E-state index contributed by atoms with van der Waals surface area (Å²) in [5.41, 5.74) is 1.43. The number of rotatable bonds is 3. The number of hydrogen-bond acceptors (Lipinski definition) is 4. The third kappa shape index (κ3) is 2.38. The zero-order valence-corrected chi connectivity index (χ0v) is 12.5. The Kier molecular flexibility index (Phi) is 3.24. The van der Waals surface area contributed by atoms with Crippen LogP contribution < -0.4 is 16.4 Å². The summed E-state index contributed by atoms with van der Waals surface area (Å²) in [5, 5.41) is 6.24. The molecule has 0 aliphatic heterocycles. The lowest BCUT2D eigenvalue weighted by Gasteiger charge is -2.07. The summed E-state index contributed by atoms with van der Waals surface area (Å²) in [6, 6.07) is 14.6. The molecule has 0 aliphatic rings. The van der Waals surface area contributed by atoms with Crippen molar-refractivity contribution in [2.45, 2.75) is 0 Å². The van der Waals surface area contributed by atoms with Crippen molar-refractivity contribution in [1.29, 1.82) is 0 Å². The van der Waals surface area contributed by atoms with Gasteiger partial charge in [0.2, 0.25) is 0 Å². The average molecular weight is 319 g/mol. The Morgan fingerprint density at radius 3 is 2.62 bits per heavy atom. The standard InChI is InChI=1S/C17H13N5O2/c23-16-12-10-19-15(20-13-7-4-8-18-17(13)24)9-14(12)22(21-16)11-5-2-1-3-6-11/h1-10H,(H,18,24)(H,19,20)(H,21,23). The minimum atomic E-state index is -0.242. The van der Waals surface area contributed by atoms with E-state index < -0.39 is 0 Å². The van der Waals surface area contributed by atoms with Crippen LogP contribution in [-0.2, 0) is 0 Å². The van der Waals surface area contributed by atoms with Gasteiger partial charge in [-0.2, -0.15) is 0 Å². The van der Waals surface area contributed by atoms with Crippen LogP contribution >= 0.6 is 0 Å². The van der Waals surface area contributed by atoms with Crippen LogP contribution in [0.3, 0.4) is 0 Å². The highest BCUT2D eigenvalue weighted by Crippen LogP contribution is 2.19. The second-order valence-electron chi connectivity index (χ2n) is 5.24. The second kappa shape index (κ2) is 5.54. The summed E-state index contributed by atoms with van der Waals surface area (Å²) in [7, 11) is 0. The molecule has 0 saturated heterocycles. The van der Waals surface area contributed by atoms with Gasteiger partial charge in [0, 0.05) is 18.5 Å². The maximum absolute atomic E-state index is 12.1. The number of benzene rings is 1. The molecule has 4 rings (SSSR count). The zero-order valence-electron chi connectivity index (χ0n) is 12.5. The van der Waals surface area contributed by atoms with Crippen molar-refractivity contribution in [3.8, 4) is 5.69 Å². The van der Waals surface area contributed by atoms with Crippen molar-refractivity contribution < 1.29 is 0 Å². The first-order valence-electron chi connectivity index (χ1n) is 7.33. The van der Waals surface area contributed by atoms with Gasteiger partial charge in [-0.05, 0) is 24.3 Å². The Labute approximate surface area is 135 Å². The Hall–Kier alpha value is -3.61. The van der Waals surface area contributed by atoms with Gasteiger partial charge in [-0.3, -0.25) is 19.4 Å². The molecule has 3 heterocycles. The van der Waals surface area contributed by atoms with Gasteiger partial charge in [-0.15, -0.1) is 0 Å². The molecule has 118 valence electrons. The Balaban J connectivity index is 1.84. The molecule has 0 spiro atoms. The molecular weight excluding hydrogens is 306 g/mol. The molecular formula is C17H13N5O2. The molecule has 7 heteroatoms. The van der Waals surface area contributed by atoms with Gasteiger partial charge >= 0.3 is 0 Å². The Morgan fingerprint density at radius 1 is 1.00 bits per heavy atom. The van der Waals surface area contributed by atoms with E-state index in [0.717, 1.165) is 5.69 Å². The van der Waals surface area contributed by atoms with Gasteiger partial charge in [0.1, 0.15) is 11.5 Å². The van der Waals surface area contributed by atoms with E-state index in [0.29, 0.717) is 22.4 Å². The number of hydrogen-bond donors (Lipinski definition) is 3. The van der Waals surface area contributed by atoms with Crippen LogP contribution in [0.2, 0.25) is 0 Å². The number of fused-ring (bicyclic) bond motifs is 1. The highest BCUT2D eigenvalue weighted by molar-refractivity contribution is 5.82. The second-order valence-corrected chi connectivity index (χ2v) is 5.24.